The summed E-state index contributed by atoms with van der Waals surface area (Å²) in [6.45, 7) is 0.203. The van der Waals surface area contributed by atoms with E-state index in [1.54, 1.807) is 18.2 Å². The van der Waals surface area contributed by atoms with Crippen molar-refractivity contribution in [2.24, 2.45) is 0 Å². The lowest BCUT2D eigenvalue weighted by Gasteiger charge is -2.24. The van der Waals surface area contributed by atoms with Crippen LogP contribution in [0.3, 0.4) is 0 Å². The summed E-state index contributed by atoms with van der Waals surface area (Å²) in [4.78, 5) is 14.2. The minimum absolute atomic E-state index is 0.173. The van der Waals surface area contributed by atoms with Crippen LogP contribution in [0.15, 0.2) is 36.4 Å². The number of carbonyl (C=O) groups is 1. The molecular weight excluding hydrogens is 301 g/mol. The molecule has 2 atom stereocenters. The Labute approximate surface area is 132 Å². The molecule has 1 fully saturated rings. The van der Waals surface area contributed by atoms with Crippen LogP contribution in [-0.2, 0) is 0 Å². The Balaban J connectivity index is 1.86. The average Bonchev–Trinajstić information content (AvgIpc) is 2.97. The molecule has 0 bridgehead atoms. The van der Waals surface area contributed by atoms with Gasteiger partial charge in [-0.05, 0) is 30.2 Å². The third-order valence-electron chi connectivity index (χ3n) is 3.86. The first-order chi connectivity index (χ1) is 11.1. The van der Waals surface area contributed by atoms with Crippen molar-refractivity contribution in [2.75, 3.05) is 13.7 Å². The number of hydrogen-bond donors (Lipinski definition) is 1. The number of benzene rings is 1. The van der Waals surface area contributed by atoms with Gasteiger partial charge in [-0.3, -0.25) is 4.79 Å². The van der Waals surface area contributed by atoms with Crippen molar-refractivity contribution in [1.82, 2.24) is 15.1 Å². The highest BCUT2D eigenvalue weighted by molar-refractivity contribution is 5.92. The molecule has 120 valence electrons. The molecule has 1 aliphatic heterocycles. The van der Waals surface area contributed by atoms with Crippen molar-refractivity contribution in [3.05, 3.63) is 53.5 Å². The zero-order chi connectivity index (χ0) is 16.4. The van der Waals surface area contributed by atoms with Gasteiger partial charge >= 0.3 is 0 Å². The maximum Gasteiger partial charge on any atom is 0.274 e. The third kappa shape index (κ3) is 3.14. The first-order valence-corrected chi connectivity index (χ1v) is 7.20. The van der Waals surface area contributed by atoms with Gasteiger partial charge in [0.1, 0.15) is 5.82 Å². The standard InChI is InChI=1S/C16H16FN3O3/c1-23-15-7-6-13(18-19-15)16(22)20-9-12(21)8-14(20)10-2-4-11(17)5-3-10/h2-7,12,14,21H,8-9H2,1H3/t12-,14+/m0/s1. The number of aliphatic hydroxyl groups excluding tert-OH is 1. The number of aromatic nitrogens is 2. The molecule has 3 rings (SSSR count). The van der Waals surface area contributed by atoms with E-state index in [2.05, 4.69) is 10.2 Å². The zero-order valence-corrected chi connectivity index (χ0v) is 12.5. The number of halogens is 1. The number of nitrogens with zero attached hydrogens (tertiary/aromatic N) is 3. The summed E-state index contributed by atoms with van der Waals surface area (Å²) < 4.78 is 18.0. The molecule has 0 radical (unpaired) electrons. The SMILES string of the molecule is COc1ccc(C(=O)N2C[C@@H](O)C[C@@H]2c2ccc(F)cc2)nn1. The lowest BCUT2D eigenvalue weighted by molar-refractivity contribution is 0.0708. The van der Waals surface area contributed by atoms with E-state index in [1.807, 2.05) is 0 Å². The summed E-state index contributed by atoms with van der Waals surface area (Å²) in [5, 5.41) is 17.6. The molecule has 1 amide bonds. The highest BCUT2D eigenvalue weighted by Crippen LogP contribution is 2.33. The van der Waals surface area contributed by atoms with Crippen molar-refractivity contribution in [3.63, 3.8) is 0 Å². The van der Waals surface area contributed by atoms with E-state index in [0.717, 1.165) is 5.56 Å². The Morgan fingerprint density at radius 2 is 2.00 bits per heavy atom. The Hall–Kier alpha value is -2.54. The highest BCUT2D eigenvalue weighted by atomic mass is 19.1. The highest BCUT2D eigenvalue weighted by Gasteiger charge is 2.36. The van der Waals surface area contributed by atoms with Crippen LogP contribution in [-0.4, -0.2) is 45.9 Å². The summed E-state index contributed by atoms with van der Waals surface area (Å²) in [5.41, 5.74) is 0.949. The summed E-state index contributed by atoms with van der Waals surface area (Å²) in [5.74, 6) is -0.352. The summed E-state index contributed by atoms with van der Waals surface area (Å²) in [6, 6.07) is 8.70. The molecule has 0 spiro atoms. The lowest BCUT2D eigenvalue weighted by atomic mass is 10.0. The van der Waals surface area contributed by atoms with Gasteiger partial charge in [-0.2, -0.15) is 0 Å². The van der Waals surface area contributed by atoms with Crippen LogP contribution in [0.4, 0.5) is 4.39 Å². The van der Waals surface area contributed by atoms with Crippen molar-refractivity contribution >= 4 is 5.91 Å². The molecule has 1 aromatic carbocycles. The number of methoxy groups -OCH3 is 1. The predicted molar refractivity (Wildman–Crippen MR) is 79.4 cm³/mol. The fraction of sp³-hybridized carbons (Fsp3) is 0.312. The minimum Gasteiger partial charge on any atom is -0.480 e. The number of β-amino-alcohol motifs (C(OH)–C–C–N with tert-alkyl or cyclic N) is 1. The van der Waals surface area contributed by atoms with Crippen molar-refractivity contribution in [2.45, 2.75) is 18.6 Å². The molecular formula is C16H16FN3O3. The van der Waals surface area contributed by atoms with Gasteiger partial charge in [0.25, 0.3) is 5.91 Å². The maximum absolute atomic E-state index is 13.1. The third-order valence-corrected chi connectivity index (χ3v) is 3.86. The number of hydrogen-bond acceptors (Lipinski definition) is 5. The second kappa shape index (κ2) is 6.29. The molecule has 1 N–H and O–H groups in total. The van der Waals surface area contributed by atoms with Crippen molar-refractivity contribution in [1.29, 1.82) is 0 Å². The second-order valence-electron chi connectivity index (χ2n) is 5.38. The normalized spacial score (nSPS) is 20.6. The molecule has 2 heterocycles. The fourth-order valence-corrected chi connectivity index (χ4v) is 2.73. The van der Waals surface area contributed by atoms with Gasteiger partial charge in [-0.15, -0.1) is 10.2 Å². The molecule has 6 nitrogen and oxygen atoms in total. The smallest absolute Gasteiger partial charge is 0.274 e. The van der Waals surface area contributed by atoms with Gasteiger partial charge in [-0.25, -0.2) is 4.39 Å². The lowest BCUT2D eigenvalue weighted by Crippen LogP contribution is -2.32. The number of likely N-dealkylation sites (tertiary alicyclic amines) is 1. The number of aliphatic hydroxyl groups is 1. The van der Waals surface area contributed by atoms with Crippen LogP contribution in [0.1, 0.15) is 28.5 Å². The van der Waals surface area contributed by atoms with E-state index < -0.39 is 6.10 Å². The first-order valence-electron chi connectivity index (χ1n) is 7.20. The number of rotatable bonds is 3. The van der Waals surface area contributed by atoms with Crippen molar-refractivity contribution in [3.8, 4) is 5.88 Å². The van der Waals surface area contributed by atoms with Gasteiger partial charge in [0.2, 0.25) is 5.88 Å². The Morgan fingerprint density at radius 1 is 1.26 bits per heavy atom. The maximum atomic E-state index is 13.1. The van der Waals surface area contributed by atoms with E-state index >= 15 is 0 Å². The summed E-state index contributed by atoms with van der Waals surface area (Å²) in [7, 11) is 1.47. The minimum atomic E-state index is -0.625. The van der Waals surface area contributed by atoms with Gasteiger partial charge in [-0.1, -0.05) is 12.1 Å². The predicted octanol–water partition coefficient (Wildman–Crippen LogP) is 1.57. The molecule has 2 aromatic rings. The first kappa shape index (κ1) is 15.4. The van der Waals surface area contributed by atoms with E-state index in [0.29, 0.717) is 12.3 Å². The van der Waals surface area contributed by atoms with E-state index in [9.17, 15) is 14.3 Å². The molecule has 7 heteroatoms. The van der Waals surface area contributed by atoms with E-state index in [1.165, 1.54) is 30.2 Å². The van der Waals surface area contributed by atoms with Gasteiger partial charge in [0.05, 0.1) is 19.3 Å². The average molecular weight is 317 g/mol. The number of carbonyl (C=O) groups excluding carboxylic acids is 1. The van der Waals surface area contributed by atoms with Crippen LogP contribution in [0.25, 0.3) is 0 Å². The van der Waals surface area contributed by atoms with Gasteiger partial charge in [0.15, 0.2) is 5.69 Å². The van der Waals surface area contributed by atoms with Crippen molar-refractivity contribution < 1.29 is 19.0 Å². The second-order valence-corrected chi connectivity index (χ2v) is 5.38. The Bertz CT molecular complexity index is 691. The molecule has 0 saturated carbocycles. The molecule has 1 saturated heterocycles. The molecule has 1 aromatic heterocycles. The molecule has 1 aliphatic rings. The van der Waals surface area contributed by atoms with Gasteiger partial charge < -0.3 is 14.7 Å². The zero-order valence-electron chi connectivity index (χ0n) is 12.5. The summed E-state index contributed by atoms with van der Waals surface area (Å²) in [6.07, 6.45) is -0.221. The largest absolute Gasteiger partial charge is 0.480 e. The van der Waals surface area contributed by atoms with Crippen LogP contribution in [0.2, 0.25) is 0 Å². The quantitative estimate of drug-likeness (QED) is 0.930. The molecule has 0 aliphatic carbocycles. The number of ether oxygens (including phenoxy) is 1. The van der Waals surface area contributed by atoms with Crippen LogP contribution in [0.5, 0.6) is 5.88 Å². The molecule has 23 heavy (non-hydrogen) atoms. The Kier molecular flexibility index (Phi) is 4.20. The summed E-state index contributed by atoms with van der Waals surface area (Å²) >= 11 is 0. The Morgan fingerprint density at radius 3 is 2.61 bits per heavy atom. The van der Waals surface area contributed by atoms with E-state index in [4.69, 9.17) is 4.74 Å². The monoisotopic (exact) mass is 317 g/mol. The van der Waals surface area contributed by atoms with Crippen LogP contribution < -0.4 is 4.74 Å². The van der Waals surface area contributed by atoms with E-state index in [-0.39, 0.29) is 30.0 Å². The van der Waals surface area contributed by atoms with Crippen LogP contribution >= 0.6 is 0 Å². The molecule has 0 unspecified atom stereocenters. The number of amides is 1. The fourth-order valence-electron chi connectivity index (χ4n) is 2.73. The topological polar surface area (TPSA) is 75.5 Å². The van der Waals surface area contributed by atoms with Crippen LogP contribution in [0, 0.1) is 5.82 Å². The van der Waals surface area contributed by atoms with Gasteiger partial charge in [0, 0.05) is 12.6 Å².